The molecule has 0 aromatic heterocycles. The summed E-state index contributed by atoms with van der Waals surface area (Å²) in [6.07, 6.45) is 3.63. The van der Waals surface area contributed by atoms with Gasteiger partial charge < -0.3 is 14.8 Å². The summed E-state index contributed by atoms with van der Waals surface area (Å²) in [5.74, 6) is 0.113. The van der Waals surface area contributed by atoms with Crippen LogP contribution in [0.15, 0.2) is 36.4 Å². The molecule has 0 unspecified atom stereocenters. The van der Waals surface area contributed by atoms with E-state index in [9.17, 15) is 9.59 Å². The topological polar surface area (TPSA) is 64.6 Å². The molecule has 5 heteroatoms. The molecule has 2 aliphatic heterocycles. The molecule has 0 saturated heterocycles. The molecule has 0 amide bonds. The molecule has 0 saturated carbocycles. The van der Waals surface area contributed by atoms with Crippen molar-refractivity contribution in [1.82, 2.24) is 0 Å². The number of hydrogen-bond acceptors (Lipinski definition) is 5. The summed E-state index contributed by atoms with van der Waals surface area (Å²) in [6, 6.07) is 11.0. The van der Waals surface area contributed by atoms with Gasteiger partial charge in [-0.15, -0.1) is 0 Å². The largest absolute Gasteiger partial charge is 0.423 e. The molecule has 2 aliphatic rings. The van der Waals surface area contributed by atoms with E-state index in [1.165, 1.54) is 6.08 Å². The van der Waals surface area contributed by atoms with Crippen molar-refractivity contribution < 1.29 is 19.1 Å². The maximum absolute atomic E-state index is 12.3. The van der Waals surface area contributed by atoms with Gasteiger partial charge >= 0.3 is 11.9 Å². The summed E-state index contributed by atoms with van der Waals surface area (Å²) in [5, 5.41) is 4.63. The van der Waals surface area contributed by atoms with Gasteiger partial charge in [0.05, 0.1) is 5.57 Å². The number of rotatable bonds is 5. The third-order valence-electron chi connectivity index (χ3n) is 4.31. The van der Waals surface area contributed by atoms with E-state index in [1.807, 2.05) is 24.3 Å². The predicted octanol–water partition coefficient (Wildman–Crippen LogP) is 1.72. The normalized spacial score (nSPS) is 14.5. The van der Waals surface area contributed by atoms with Crippen LogP contribution in [0.4, 0.5) is 5.69 Å². The third kappa shape index (κ3) is 2.78. The molecule has 0 atom stereocenters. The Balaban J connectivity index is 1.72. The van der Waals surface area contributed by atoms with Crippen molar-refractivity contribution in [2.24, 2.45) is 0 Å². The second kappa shape index (κ2) is 6.09. The van der Waals surface area contributed by atoms with Crippen LogP contribution in [0.25, 0.3) is 11.6 Å². The van der Waals surface area contributed by atoms with Crippen LogP contribution < -0.4 is 25.2 Å². The fourth-order valence-electron chi connectivity index (χ4n) is 3.02. The van der Waals surface area contributed by atoms with Gasteiger partial charge in [-0.05, 0) is 36.2 Å². The third-order valence-corrected chi connectivity index (χ3v) is 4.31. The second-order valence-electron chi connectivity index (χ2n) is 6.07. The van der Waals surface area contributed by atoms with Crippen molar-refractivity contribution in [3.05, 3.63) is 52.4 Å². The van der Waals surface area contributed by atoms with Gasteiger partial charge in [0.2, 0.25) is 0 Å². The Hall–Kier alpha value is -3.08. The molecule has 0 spiro atoms. The van der Waals surface area contributed by atoms with E-state index in [0.29, 0.717) is 27.5 Å². The smallest absolute Gasteiger partial charge is 0.344 e. The molecule has 5 nitrogen and oxygen atoms in total. The average Bonchev–Trinajstić information content (AvgIpc) is 3.10. The zero-order valence-electron chi connectivity index (χ0n) is 13.8. The van der Waals surface area contributed by atoms with Crippen LogP contribution in [0.2, 0.25) is 0 Å². The van der Waals surface area contributed by atoms with Crippen LogP contribution in [0, 0.1) is 0 Å². The Labute approximate surface area is 144 Å². The molecule has 0 aliphatic carbocycles. The number of nitrogens with one attached hydrogen (secondary N) is 1. The zero-order chi connectivity index (χ0) is 17.4. The van der Waals surface area contributed by atoms with Crippen molar-refractivity contribution >= 4 is 29.3 Å². The highest BCUT2D eigenvalue weighted by Gasteiger charge is 2.26. The number of unbranched alkanes of at least 4 members (excludes halogenated alkanes) is 1. The highest BCUT2D eigenvalue weighted by Crippen LogP contribution is 2.24. The number of carbonyl (C=O) groups excluding carboxylic acids is 2. The number of anilines is 1. The van der Waals surface area contributed by atoms with Crippen LogP contribution in [0.1, 0.15) is 25.3 Å². The first kappa shape index (κ1) is 15.4. The molecule has 4 rings (SSSR count). The Morgan fingerprint density at radius 2 is 1.80 bits per heavy atom. The van der Waals surface area contributed by atoms with E-state index < -0.39 is 11.9 Å². The first-order valence-electron chi connectivity index (χ1n) is 8.34. The van der Waals surface area contributed by atoms with Gasteiger partial charge in [-0.1, -0.05) is 25.5 Å². The molecule has 2 heterocycles. The fraction of sp³-hybridized carbons (Fsp3) is 0.200. The van der Waals surface area contributed by atoms with Gasteiger partial charge in [-0.3, -0.25) is 0 Å². The minimum atomic E-state index is -0.408. The number of ether oxygens (including phenoxy) is 2. The molecule has 0 radical (unpaired) electrons. The summed E-state index contributed by atoms with van der Waals surface area (Å²) >= 11 is 0. The van der Waals surface area contributed by atoms with E-state index in [2.05, 4.69) is 12.2 Å². The van der Waals surface area contributed by atoms with Crippen LogP contribution in [-0.2, 0) is 9.59 Å². The van der Waals surface area contributed by atoms with Crippen molar-refractivity contribution in [1.29, 1.82) is 0 Å². The van der Waals surface area contributed by atoms with Crippen molar-refractivity contribution in [3.8, 4) is 11.5 Å². The summed E-state index contributed by atoms with van der Waals surface area (Å²) in [6.45, 7) is 3.07. The number of hydrogen-bond donors (Lipinski definition) is 1. The Bertz CT molecular complexity index is 990. The van der Waals surface area contributed by atoms with Gasteiger partial charge in [0.15, 0.2) is 0 Å². The lowest BCUT2D eigenvalue weighted by molar-refractivity contribution is -0.128. The molecule has 1 N–H and O–H groups in total. The van der Waals surface area contributed by atoms with Crippen LogP contribution >= 0.6 is 0 Å². The van der Waals surface area contributed by atoms with E-state index in [4.69, 9.17) is 9.47 Å². The van der Waals surface area contributed by atoms with E-state index in [1.54, 1.807) is 12.1 Å². The Morgan fingerprint density at radius 3 is 2.56 bits per heavy atom. The van der Waals surface area contributed by atoms with E-state index in [0.717, 1.165) is 30.6 Å². The molecule has 126 valence electrons. The lowest BCUT2D eigenvalue weighted by Crippen LogP contribution is -2.10. The molecule has 0 fully saturated rings. The predicted molar refractivity (Wildman–Crippen MR) is 93.8 cm³/mol. The van der Waals surface area contributed by atoms with Crippen molar-refractivity contribution in [2.45, 2.75) is 19.8 Å². The summed E-state index contributed by atoms with van der Waals surface area (Å²) in [7, 11) is 0. The minimum absolute atomic E-state index is 0.392. The minimum Gasteiger partial charge on any atom is -0.423 e. The van der Waals surface area contributed by atoms with Crippen LogP contribution in [0.5, 0.6) is 11.5 Å². The van der Waals surface area contributed by atoms with Gasteiger partial charge in [-0.25, -0.2) is 9.59 Å². The lowest BCUT2D eigenvalue weighted by Gasteiger charge is -2.06. The molecule has 0 bridgehead atoms. The highest BCUT2D eigenvalue weighted by atomic mass is 16.5. The number of esters is 2. The van der Waals surface area contributed by atoms with Crippen LogP contribution in [-0.4, -0.2) is 18.5 Å². The zero-order valence-corrected chi connectivity index (χ0v) is 13.8. The second-order valence-corrected chi connectivity index (χ2v) is 6.07. The number of carbonyl (C=O) groups is 2. The molecule has 2 aromatic carbocycles. The number of benzene rings is 2. The maximum atomic E-state index is 12.3. The standard InChI is InChI=1S/C20H17NO4/c1-2-3-8-21-14-6-4-12(5-7-14)19-15-11-16-13(10-18(22)24-16)9-17(15)25-20(19)23/h4-7,9-11,21H,2-3,8H2,1H3. The van der Waals surface area contributed by atoms with Gasteiger partial charge in [-0.2, -0.15) is 0 Å². The summed E-state index contributed by atoms with van der Waals surface area (Å²) in [5.41, 5.74) is 2.28. The average molecular weight is 335 g/mol. The van der Waals surface area contributed by atoms with Crippen LogP contribution in [0.3, 0.4) is 0 Å². The first-order valence-corrected chi connectivity index (χ1v) is 8.34. The molecule has 2 aromatic rings. The maximum Gasteiger partial charge on any atom is 0.344 e. The first-order chi connectivity index (χ1) is 12.2. The SMILES string of the molecule is CCCCNc1ccc(C2=c3cc4c(cc3OC2=O)=CC(=O)O4)cc1. The quantitative estimate of drug-likeness (QED) is 0.512. The summed E-state index contributed by atoms with van der Waals surface area (Å²) in [4.78, 5) is 23.7. The number of fused-ring (bicyclic) bond motifs is 2. The molecular weight excluding hydrogens is 318 g/mol. The van der Waals surface area contributed by atoms with E-state index in [-0.39, 0.29) is 0 Å². The Kier molecular flexibility index (Phi) is 3.76. The molecular formula is C20H17NO4. The van der Waals surface area contributed by atoms with Gasteiger partial charge in [0.1, 0.15) is 11.5 Å². The van der Waals surface area contributed by atoms with E-state index >= 15 is 0 Å². The monoisotopic (exact) mass is 335 g/mol. The van der Waals surface area contributed by atoms with Crippen molar-refractivity contribution in [3.63, 3.8) is 0 Å². The van der Waals surface area contributed by atoms with Gasteiger partial charge in [0.25, 0.3) is 0 Å². The van der Waals surface area contributed by atoms with Crippen molar-refractivity contribution in [2.75, 3.05) is 11.9 Å². The lowest BCUT2D eigenvalue weighted by atomic mass is 10.0. The summed E-state index contributed by atoms with van der Waals surface area (Å²) < 4.78 is 10.5. The Morgan fingerprint density at radius 1 is 1.00 bits per heavy atom. The fourth-order valence-corrected chi connectivity index (χ4v) is 3.02. The van der Waals surface area contributed by atoms with Gasteiger partial charge in [0, 0.05) is 28.7 Å². The highest BCUT2D eigenvalue weighted by molar-refractivity contribution is 6.19. The molecule has 25 heavy (non-hydrogen) atoms.